The van der Waals surface area contributed by atoms with E-state index in [0.717, 1.165) is 22.4 Å². The lowest BCUT2D eigenvalue weighted by Crippen LogP contribution is -2.38. The molecule has 6 nitrogen and oxygen atoms in total. The number of amides is 1. The van der Waals surface area contributed by atoms with Crippen LogP contribution in [0.15, 0.2) is 41.3 Å². The number of methoxy groups -OCH3 is 1. The van der Waals surface area contributed by atoms with Crippen LogP contribution in [0.2, 0.25) is 0 Å². The molecule has 0 saturated carbocycles. The Balaban J connectivity index is 2.15. The second-order valence-corrected chi connectivity index (χ2v) is 8.21. The number of anilines is 1. The van der Waals surface area contributed by atoms with Crippen molar-refractivity contribution < 1.29 is 17.9 Å². The topological polar surface area (TPSA) is 75.7 Å². The van der Waals surface area contributed by atoms with Crippen molar-refractivity contribution >= 4 is 21.6 Å². The van der Waals surface area contributed by atoms with Gasteiger partial charge in [0.1, 0.15) is 5.75 Å². The number of hydrogen-bond acceptors (Lipinski definition) is 4. The molecule has 2 aromatic rings. The zero-order valence-corrected chi connectivity index (χ0v) is 17.2. The average molecular weight is 391 g/mol. The van der Waals surface area contributed by atoms with Gasteiger partial charge in [-0.2, -0.15) is 0 Å². The molecule has 27 heavy (non-hydrogen) atoms. The third kappa shape index (κ3) is 4.87. The first-order valence-electron chi connectivity index (χ1n) is 8.66. The molecule has 0 saturated heterocycles. The SMILES string of the molecule is COc1ccc(S(=O)(=O)NCCN(C(C)=O)c2c(C)cccc2C)cc1C. The zero-order valence-electron chi connectivity index (χ0n) is 16.4. The first-order valence-corrected chi connectivity index (χ1v) is 10.1. The second-order valence-electron chi connectivity index (χ2n) is 6.44. The van der Waals surface area contributed by atoms with E-state index >= 15 is 0 Å². The monoisotopic (exact) mass is 390 g/mol. The van der Waals surface area contributed by atoms with Crippen LogP contribution < -0.4 is 14.4 Å². The summed E-state index contributed by atoms with van der Waals surface area (Å²) >= 11 is 0. The van der Waals surface area contributed by atoms with Gasteiger partial charge in [0.15, 0.2) is 0 Å². The molecule has 1 N–H and O–H groups in total. The summed E-state index contributed by atoms with van der Waals surface area (Å²) in [6, 6.07) is 10.5. The van der Waals surface area contributed by atoms with Crippen molar-refractivity contribution in [3.8, 4) is 5.75 Å². The minimum Gasteiger partial charge on any atom is -0.496 e. The van der Waals surface area contributed by atoms with E-state index in [1.165, 1.54) is 13.0 Å². The smallest absolute Gasteiger partial charge is 0.240 e. The molecular formula is C20H26N2O4S. The van der Waals surface area contributed by atoms with Crippen LogP contribution >= 0.6 is 0 Å². The molecule has 1 amide bonds. The van der Waals surface area contributed by atoms with Crippen LogP contribution in [0.4, 0.5) is 5.69 Å². The van der Waals surface area contributed by atoms with E-state index in [9.17, 15) is 13.2 Å². The largest absolute Gasteiger partial charge is 0.496 e. The molecule has 0 atom stereocenters. The highest BCUT2D eigenvalue weighted by Gasteiger charge is 2.19. The van der Waals surface area contributed by atoms with Gasteiger partial charge < -0.3 is 9.64 Å². The van der Waals surface area contributed by atoms with Gasteiger partial charge in [0, 0.05) is 25.7 Å². The standard InChI is InChI=1S/C20H26N2O4S/c1-14-7-6-8-15(2)20(14)22(17(4)23)12-11-21-27(24,25)18-9-10-19(26-5)16(3)13-18/h6-10,13,21H,11-12H2,1-5H3. The molecule has 0 aliphatic heterocycles. The highest BCUT2D eigenvalue weighted by molar-refractivity contribution is 7.89. The highest BCUT2D eigenvalue weighted by Crippen LogP contribution is 2.25. The maximum absolute atomic E-state index is 12.6. The molecule has 0 fully saturated rings. The molecule has 0 aliphatic rings. The van der Waals surface area contributed by atoms with Crippen molar-refractivity contribution in [2.45, 2.75) is 32.6 Å². The van der Waals surface area contributed by atoms with Gasteiger partial charge in [-0.05, 0) is 55.7 Å². The number of hydrogen-bond donors (Lipinski definition) is 1. The summed E-state index contributed by atoms with van der Waals surface area (Å²) in [6.45, 7) is 7.49. The second kappa shape index (κ2) is 8.54. The normalized spacial score (nSPS) is 11.3. The molecule has 0 aromatic heterocycles. The van der Waals surface area contributed by atoms with Crippen LogP contribution in [0.1, 0.15) is 23.6 Å². The van der Waals surface area contributed by atoms with E-state index in [-0.39, 0.29) is 23.9 Å². The van der Waals surface area contributed by atoms with Gasteiger partial charge in [-0.25, -0.2) is 13.1 Å². The summed E-state index contributed by atoms with van der Waals surface area (Å²) < 4.78 is 32.8. The number of nitrogens with one attached hydrogen (secondary N) is 1. The molecule has 2 rings (SSSR count). The van der Waals surface area contributed by atoms with Crippen LogP contribution in [-0.4, -0.2) is 34.5 Å². The number of para-hydroxylation sites is 1. The molecule has 0 spiro atoms. The van der Waals surface area contributed by atoms with Crippen LogP contribution in [0.3, 0.4) is 0 Å². The fourth-order valence-corrected chi connectivity index (χ4v) is 4.16. The Morgan fingerprint density at radius 3 is 2.22 bits per heavy atom. The maximum atomic E-state index is 12.6. The van der Waals surface area contributed by atoms with Crippen molar-refractivity contribution in [1.82, 2.24) is 4.72 Å². The number of nitrogens with zero attached hydrogens (tertiary/aromatic N) is 1. The lowest BCUT2D eigenvalue weighted by Gasteiger charge is -2.25. The van der Waals surface area contributed by atoms with Crippen molar-refractivity contribution in [3.63, 3.8) is 0 Å². The fraction of sp³-hybridized carbons (Fsp3) is 0.350. The zero-order chi connectivity index (χ0) is 20.2. The maximum Gasteiger partial charge on any atom is 0.240 e. The molecule has 7 heteroatoms. The summed E-state index contributed by atoms with van der Waals surface area (Å²) in [5.41, 5.74) is 3.50. The van der Waals surface area contributed by atoms with Gasteiger partial charge in [-0.1, -0.05) is 18.2 Å². The van der Waals surface area contributed by atoms with Crippen LogP contribution in [0, 0.1) is 20.8 Å². The number of carbonyl (C=O) groups is 1. The Hall–Kier alpha value is -2.38. The van der Waals surface area contributed by atoms with E-state index in [4.69, 9.17) is 4.74 Å². The first-order chi connectivity index (χ1) is 12.7. The minimum atomic E-state index is -3.68. The van der Waals surface area contributed by atoms with E-state index in [2.05, 4.69) is 4.72 Å². The minimum absolute atomic E-state index is 0.112. The Kier molecular flexibility index (Phi) is 6.62. The van der Waals surface area contributed by atoms with E-state index in [0.29, 0.717) is 5.75 Å². The van der Waals surface area contributed by atoms with Crippen LogP contribution in [0.5, 0.6) is 5.75 Å². The van der Waals surface area contributed by atoms with E-state index < -0.39 is 10.0 Å². The molecular weight excluding hydrogens is 364 g/mol. The lowest BCUT2D eigenvalue weighted by atomic mass is 10.1. The summed E-state index contributed by atoms with van der Waals surface area (Å²) in [5.74, 6) is 0.499. The van der Waals surface area contributed by atoms with Crippen molar-refractivity contribution in [2.24, 2.45) is 0 Å². The van der Waals surface area contributed by atoms with Gasteiger partial charge >= 0.3 is 0 Å². The van der Waals surface area contributed by atoms with E-state index in [1.54, 1.807) is 31.1 Å². The summed E-state index contributed by atoms with van der Waals surface area (Å²) in [5, 5.41) is 0. The summed E-state index contributed by atoms with van der Waals surface area (Å²) in [7, 11) is -2.13. The molecule has 0 unspecified atom stereocenters. The first kappa shape index (κ1) is 20.9. The Morgan fingerprint density at radius 2 is 1.70 bits per heavy atom. The quantitative estimate of drug-likeness (QED) is 0.789. The van der Waals surface area contributed by atoms with Gasteiger partial charge in [-0.15, -0.1) is 0 Å². The van der Waals surface area contributed by atoms with Gasteiger partial charge in [0.2, 0.25) is 15.9 Å². The van der Waals surface area contributed by atoms with Crippen molar-refractivity contribution in [2.75, 3.05) is 25.1 Å². The van der Waals surface area contributed by atoms with Crippen molar-refractivity contribution in [1.29, 1.82) is 0 Å². The molecule has 146 valence electrons. The van der Waals surface area contributed by atoms with Gasteiger partial charge in [0.05, 0.1) is 12.0 Å². The van der Waals surface area contributed by atoms with Crippen molar-refractivity contribution in [3.05, 3.63) is 53.1 Å². The molecule has 0 aliphatic carbocycles. The highest BCUT2D eigenvalue weighted by atomic mass is 32.2. The lowest BCUT2D eigenvalue weighted by molar-refractivity contribution is -0.116. The third-order valence-corrected chi connectivity index (χ3v) is 5.85. The van der Waals surface area contributed by atoms with Gasteiger partial charge in [-0.3, -0.25) is 4.79 Å². The Morgan fingerprint density at radius 1 is 1.07 bits per heavy atom. The summed E-state index contributed by atoms with van der Waals surface area (Å²) in [6.07, 6.45) is 0. The van der Waals surface area contributed by atoms with Crippen LogP contribution in [0.25, 0.3) is 0 Å². The molecule has 2 aromatic carbocycles. The van der Waals surface area contributed by atoms with Gasteiger partial charge in [0.25, 0.3) is 0 Å². The third-order valence-electron chi connectivity index (χ3n) is 4.39. The average Bonchev–Trinajstić information content (AvgIpc) is 2.59. The predicted molar refractivity (Wildman–Crippen MR) is 107 cm³/mol. The number of rotatable bonds is 7. The number of ether oxygens (including phenoxy) is 1. The Labute approximate surface area is 161 Å². The molecule has 0 radical (unpaired) electrons. The predicted octanol–water partition coefficient (Wildman–Crippen LogP) is 2.95. The number of sulfonamides is 1. The molecule has 0 heterocycles. The van der Waals surface area contributed by atoms with E-state index in [1.807, 2.05) is 32.0 Å². The number of aryl methyl sites for hydroxylation is 3. The Bertz CT molecular complexity index is 919. The number of carbonyl (C=O) groups excluding carboxylic acids is 1. The number of benzene rings is 2. The fourth-order valence-electron chi connectivity index (χ4n) is 3.05. The van der Waals surface area contributed by atoms with Crippen LogP contribution in [-0.2, 0) is 14.8 Å². The summed E-state index contributed by atoms with van der Waals surface area (Å²) in [4.78, 5) is 13.9. The molecule has 0 bridgehead atoms.